The van der Waals surface area contributed by atoms with Gasteiger partial charge in [0.1, 0.15) is 5.75 Å². The Morgan fingerprint density at radius 1 is 1.42 bits per heavy atom. The number of carbonyl (C=O) groups excluding carboxylic acids is 1. The molecule has 1 amide bonds. The van der Waals surface area contributed by atoms with Gasteiger partial charge < -0.3 is 14.7 Å². The Labute approximate surface area is 115 Å². The van der Waals surface area contributed by atoms with E-state index in [1.807, 2.05) is 31.2 Å². The van der Waals surface area contributed by atoms with Gasteiger partial charge in [-0.1, -0.05) is 12.1 Å². The van der Waals surface area contributed by atoms with Gasteiger partial charge in [-0.15, -0.1) is 0 Å². The first-order valence-electron chi connectivity index (χ1n) is 6.44. The second kappa shape index (κ2) is 6.57. The van der Waals surface area contributed by atoms with Crippen molar-refractivity contribution in [1.29, 1.82) is 0 Å². The minimum absolute atomic E-state index is 0.0326. The number of hydrogen-bond donors (Lipinski definition) is 1. The first-order chi connectivity index (χ1) is 8.78. The van der Waals surface area contributed by atoms with Crippen LogP contribution in [-0.2, 0) is 4.79 Å². The van der Waals surface area contributed by atoms with E-state index in [4.69, 9.17) is 4.74 Å². The molecule has 0 aliphatic heterocycles. The van der Waals surface area contributed by atoms with Gasteiger partial charge in [0, 0.05) is 13.6 Å². The van der Waals surface area contributed by atoms with Gasteiger partial charge in [0.15, 0.2) is 0 Å². The number of aryl methyl sites for hydroxylation is 1. The van der Waals surface area contributed by atoms with Crippen LogP contribution in [0, 0.1) is 6.92 Å². The van der Waals surface area contributed by atoms with Gasteiger partial charge in [0.2, 0.25) is 5.91 Å². The van der Waals surface area contributed by atoms with Gasteiger partial charge in [-0.25, -0.2) is 0 Å². The van der Waals surface area contributed by atoms with Crippen LogP contribution in [-0.4, -0.2) is 41.7 Å². The van der Waals surface area contributed by atoms with Crippen LogP contribution in [0.25, 0.3) is 0 Å². The van der Waals surface area contributed by atoms with E-state index in [1.54, 1.807) is 20.9 Å². The van der Waals surface area contributed by atoms with Crippen molar-refractivity contribution in [2.24, 2.45) is 0 Å². The third-order valence-electron chi connectivity index (χ3n) is 2.62. The minimum atomic E-state index is -0.873. The Bertz CT molecular complexity index is 424. The van der Waals surface area contributed by atoms with Gasteiger partial charge in [-0.2, -0.15) is 0 Å². The van der Waals surface area contributed by atoms with Crippen molar-refractivity contribution in [3.63, 3.8) is 0 Å². The monoisotopic (exact) mass is 265 g/mol. The minimum Gasteiger partial charge on any atom is -0.493 e. The van der Waals surface area contributed by atoms with Crippen LogP contribution in [0.5, 0.6) is 5.75 Å². The van der Waals surface area contributed by atoms with Crippen LogP contribution in [0.4, 0.5) is 0 Å². The van der Waals surface area contributed by atoms with Crippen molar-refractivity contribution >= 4 is 5.91 Å². The first-order valence-corrected chi connectivity index (χ1v) is 6.44. The molecular weight excluding hydrogens is 242 g/mol. The normalized spacial score (nSPS) is 11.2. The molecule has 0 atom stereocenters. The SMILES string of the molecule is Cc1cccc(OCCC(=O)N(C)CC(C)(C)O)c1. The van der Waals surface area contributed by atoms with Crippen molar-refractivity contribution in [3.05, 3.63) is 29.8 Å². The number of nitrogens with zero attached hydrogens (tertiary/aromatic N) is 1. The van der Waals surface area contributed by atoms with E-state index in [0.717, 1.165) is 11.3 Å². The topological polar surface area (TPSA) is 49.8 Å². The lowest BCUT2D eigenvalue weighted by Crippen LogP contribution is -2.40. The quantitative estimate of drug-likeness (QED) is 0.856. The number of likely N-dealkylation sites (N-methyl/N-ethyl adjacent to an activating group) is 1. The van der Waals surface area contributed by atoms with Crippen LogP contribution in [0.15, 0.2) is 24.3 Å². The van der Waals surface area contributed by atoms with E-state index in [2.05, 4.69) is 0 Å². The molecule has 0 aliphatic rings. The van der Waals surface area contributed by atoms with Gasteiger partial charge in [0.25, 0.3) is 0 Å². The fraction of sp³-hybridized carbons (Fsp3) is 0.533. The highest BCUT2D eigenvalue weighted by molar-refractivity contribution is 5.76. The Hall–Kier alpha value is -1.55. The molecule has 106 valence electrons. The zero-order chi connectivity index (χ0) is 14.5. The van der Waals surface area contributed by atoms with Crippen molar-refractivity contribution in [2.45, 2.75) is 32.8 Å². The predicted octanol–water partition coefficient (Wildman–Crippen LogP) is 1.99. The molecule has 0 aromatic heterocycles. The molecule has 1 N–H and O–H groups in total. The molecular formula is C15H23NO3. The molecule has 19 heavy (non-hydrogen) atoms. The van der Waals surface area contributed by atoms with Crippen LogP contribution >= 0.6 is 0 Å². The highest BCUT2D eigenvalue weighted by atomic mass is 16.5. The summed E-state index contributed by atoms with van der Waals surface area (Å²) in [5.74, 6) is 0.743. The third-order valence-corrected chi connectivity index (χ3v) is 2.62. The molecule has 0 radical (unpaired) electrons. The fourth-order valence-electron chi connectivity index (χ4n) is 1.82. The summed E-state index contributed by atoms with van der Waals surface area (Å²) in [4.78, 5) is 13.3. The maximum absolute atomic E-state index is 11.8. The smallest absolute Gasteiger partial charge is 0.225 e. The summed E-state index contributed by atoms with van der Waals surface area (Å²) < 4.78 is 5.53. The number of ether oxygens (including phenoxy) is 1. The van der Waals surface area contributed by atoms with Crippen LogP contribution < -0.4 is 4.74 Å². The maximum Gasteiger partial charge on any atom is 0.225 e. The van der Waals surface area contributed by atoms with Crippen molar-refractivity contribution in [2.75, 3.05) is 20.2 Å². The molecule has 0 bridgehead atoms. The molecule has 0 aliphatic carbocycles. The zero-order valence-electron chi connectivity index (χ0n) is 12.1. The second-order valence-electron chi connectivity index (χ2n) is 5.48. The molecule has 0 fully saturated rings. The lowest BCUT2D eigenvalue weighted by Gasteiger charge is -2.25. The molecule has 0 saturated heterocycles. The number of carbonyl (C=O) groups is 1. The average Bonchev–Trinajstić information content (AvgIpc) is 2.26. The number of benzene rings is 1. The number of rotatable bonds is 6. The van der Waals surface area contributed by atoms with Crippen molar-refractivity contribution < 1.29 is 14.6 Å². The van der Waals surface area contributed by atoms with E-state index in [0.29, 0.717) is 19.6 Å². The average molecular weight is 265 g/mol. The van der Waals surface area contributed by atoms with Gasteiger partial charge in [-0.3, -0.25) is 4.79 Å². The van der Waals surface area contributed by atoms with E-state index in [1.165, 1.54) is 4.90 Å². The van der Waals surface area contributed by atoms with Crippen LogP contribution in [0.3, 0.4) is 0 Å². The van der Waals surface area contributed by atoms with Crippen LogP contribution in [0.2, 0.25) is 0 Å². The summed E-state index contributed by atoms with van der Waals surface area (Å²) in [6.07, 6.45) is 0.306. The van der Waals surface area contributed by atoms with Gasteiger partial charge in [0.05, 0.1) is 18.6 Å². The number of hydrogen-bond acceptors (Lipinski definition) is 3. The Balaban J connectivity index is 2.35. The molecule has 0 heterocycles. The fourth-order valence-corrected chi connectivity index (χ4v) is 1.82. The van der Waals surface area contributed by atoms with E-state index in [-0.39, 0.29) is 5.91 Å². The summed E-state index contributed by atoms with van der Waals surface area (Å²) in [6.45, 7) is 6.02. The molecule has 0 unspecified atom stereocenters. The molecule has 1 rings (SSSR count). The predicted molar refractivity (Wildman–Crippen MR) is 75.2 cm³/mol. The molecule has 1 aromatic carbocycles. The maximum atomic E-state index is 11.8. The molecule has 4 heteroatoms. The Morgan fingerprint density at radius 3 is 2.68 bits per heavy atom. The summed E-state index contributed by atoms with van der Waals surface area (Å²) in [7, 11) is 1.69. The standard InChI is InChI=1S/C15H23NO3/c1-12-6-5-7-13(10-12)19-9-8-14(17)16(4)11-15(2,3)18/h5-7,10,18H,8-9,11H2,1-4H3. The van der Waals surface area contributed by atoms with E-state index in [9.17, 15) is 9.90 Å². The highest BCUT2D eigenvalue weighted by Crippen LogP contribution is 2.12. The zero-order valence-corrected chi connectivity index (χ0v) is 12.1. The summed E-state index contributed by atoms with van der Waals surface area (Å²) in [5.41, 5.74) is 0.255. The van der Waals surface area contributed by atoms with E-state index < -0.39 is 5.60 Å². The van der Waals surface area contributed by atoms with Gasteiger partial charge >= 0.3 is 0 Å². The van der Waals surface area contributed by atoms with Crippen molar-refractivity contribution in [1.82, 2.24) is 4.90 Å². The second-order valence-corrected chi connectivity index (χ2v) is 5.48. The lowest BCUT2D eigenvalue weighted by molar-refractivity contribution is -0.133. The van der Waals surface area contributed by atoms with Gasteiger partial charge in [-0.05, 0) is 38.5 Å². The summed E-state index contributed by atoms with van der Waals surface area (Å²) in [5, 5.41) is 9.65. The molecule has 4 nitrogen and oxygen atoms in total. The molecule has 1 aromatic rings. The lowest BCUT2D eigenvalue weighted by atomic mass is 10.1. The highest BCUT2D eigenvalue weighted by Gasteiger charge is 2.19. The van der Waals surface area contributed by atoms with Crippen LogP contribution in [0.1, 0.15) is 25.8 Å². The summed E-state index contributed by atoms with van der Waals surface area (Å²) >= 11 is 0. The molecule has 0 saturated carbocycles. The first kappa shape index (κ1) is 15.5. The summed E-state index contributed by atoms with van der Waals surface area (Å²) in [6, 6.07) is 7.73. The molecule has 0 spiro atoms. The van der Waals surface area contributed by atoms with E-state index >= 15 is 0 Å². The largest absolute Gasteiger partial charge is 0.493 e. The Kier molecular flexibility index (Phi) is 5.36. The number of aliphatic hydroxyl groups is 1. The number of amides is 1. The van der Waals surface area contributed by atoms with Crippen molar-refractivity contribution in [3.8, 4) is 5.75 Å². The Morgan fingerprint density at radius 2 is 2.11 bits per heavy atom. The third kappa shape index (κ3) is 6.25.